The van der Waals surface area contributed by atoms with Crippen LogP contribution in [0.3, 0.4) is 0 Å². The van der Waals surface area contributed by atoms with E-state index in [-0.39, 0.29) is 11.5 Å². The van der Waals surface area contributed by atoms with Gasteiger partial charge >= 0.3 is 0 Å². The van der Waals surface area contributed by atoms with Crippen molar-refractivity contribution in [3.63, 3.8) is 0 Å². The van der Waals surface area contributed by atoms with Crippen LogP contribution < -0.4 is 0 Å². The molecule has 1 aromatic carbocycles. The third kappa shape index (κ3) is 2.44. The van der Waals surface area contributed by atoms with Crippen LogP contribution in [0.1, 0.15) is 36.0 Å². The maximum atomic E-state index is 14.0. The summed E-state index contributed by atoms with van der Waals surface area (Å²) in [6.45, 7) is 0.801. The van der Waals surface area contributed by atoms with E-state index in [0.29, 0.717) is 16.4 Å². The molecule has 0 aliphatic heterocycles. The van der Waals surface area contributed by atoms with E-state index in [9.17, 15) is 9.18 Å². The second-order valence-electron chi connectivity index (χ2n) is 5.23. The highest BCUT2D eigenvalue weighted by Crippen LogP contribution is 2.36. The molecule has 0 bridgehead atoms. The Morgan fingerprint density at radius 2 is 2.06 bits per heavy atom. The molecule has 96 valence electrons. The van der Waals surface area contributed by atoms with Crippen molar-refractivity contribution in [3.8, 4) is 0 Å². The zero-order chi connectivity index (χ0) is 12.7. The molecule has 3 rings (SSSR count). The Hall–Kier alpha value is -0.900. The number of halogens is 2. The number of hydrogen-bond donors (Lipinski definition) is 0. The highest BCUT2D eigenvalue weighted by atomic mass is 79.9. The van der Waals surface area contributed by atoms with Crippen LogP contribution >= 0.6 is 15.9 Å². The summed E-state index contributed by atoms with van der Waals surface area (Å²) in [5.41, 5.74) is 0.192. The normalized spacial score (nSPS) is 18.8. The van der Waals surface area contributed by atoms with E-state index in [1.54, 1.807) is 18.2 Å². The van der Waals surface area contributed by atoms with E-state index in [2.05, 4.69) is 15.9 Å². The van der Waals surface area contributed by atoms with Crippen LogP contribution in [0.4, 0.5) is 4.39 Å². The largest absolute Gasteiger partial charge is 0.335 e. The third-order valence-electron chi connectivity index (χ3n) is 3.58. The molecule has 0 radical (unpaired) electrons. The summed E-state index contributed by atoms with van der Waals surface area (Å²) in [4.78, 5) is 14.3. The van der Waals surface area contributed by atoms with Crippen molar-refractivity contribution in [1.82, 2.24) is 4.90 Å². The molecule has 0 N–H and O–H groups in total. The van der Waals surface area contributed by atoms with Gasteiger partial charge in [0, 0.05) is 12.6 Å². The molecule has 2 aliphatic carbocycles. The monoisotopic (exact) mass is 311 g/mol. The summed E-state index contributed by atoms with van der Waals surface area (Å²) < 4.78 is 14.3. The molecule has 2 fully saturated rings. The van der Waals surface area contributed by atoms with Gasteiger partial charge in [0.05, 0.1) is 10.0 Å². The second kappa shape index (κ2) is 4.65. The van der Waals surface area contributed by atoms with E-state index in [4.69, 9.17) is 0 Å². The van der Waals surface area contributed by atoms with Crippen molar-refractivity contribution in [2.24, 2.45) is 5.92 Å². The molecular weight excluding hydrogens is 297 g/mol. The van der Waals surface area contributed by atoms with Gasteiger partial charge in [-0.15, -0.1) is 0 Å². The summed E-state index contributed by atoms with van der Waals surface area (Å²) in [5, 5.41) is 0. The maximum Gasteiger partial charge on any atom is 0.257 e. The van der Waals surface area contributed by atoms with Gasteiger partial charge in [-0.2, -0.15) is 0 Å². The highest BCUT2D eigenvalue weighted by molar-refractivity contribution is 9.10. The fraction of sp³-hybridized carbons (Fsp3) is 0.500. The lowest BCUT2D eigenvalue weighted by Gasteiger charge is -2.22. The number of benzene rings is 1. The lowest BCUT2D eigenvalue weighted by molar-refractivity contribution is 0.0730. The average Bonchev–Trinajstić information content (AvgIpc) is 3.22. The van der Waals surface area contributed by atoms with Crippen LogP contribution in [-0.2, 0) is 0 Å². The molecule has 2 saturated carbocycles. The average molecular weight is 312 g/mol. The molecule has 0 aromatic heterocycles. The van der Waals surface area contributed by atoms with Gasteiger partial charge in [0.25, 0.3) is 5.91 Å². The number of carbonyl (C=O) groups is 1. The van der Waals surface area contributed by atoms with Gasteiger partial charge in [-0.3, -0.25) is 4.79 Å². The van der Waals surface area contributed by atoms with Crippen LogP contribution in [0.15, 0.2) is 22.7 Å². The lowest BCUT2D eigenvalue weighted by Crippen LogP contribution is -2.35. The van der Waals surface area contributed by atoms with E-state index in [1.165, 1.54) is 12.8 Å². The molecule has 0 unspecified atom stereocenters. The summed E-state index contributed by atoms with van der Waals surface area (Å²) in [6, 6.07) is 5.25. The minimum Gasteiger partial charge on any atom is -0.335 e. The molecular formula is C14H15BrFNO. The molecule has 0 atom stereocenters. The van der Waals surface area contributed by atoms with Gasteiger partial charge in [0.1, 0.15) is 5.82 Å². The highest BCUT2D eigenvalue weighted by Gasteiger charge is 2.37. The standard InChI is InChI=1S/C14H15BrFNO/c15-12-3-1-2-11(13(12)16)14(18)17(10-6-7-10)8-9-4-5-9/h1-3,9-10H,4-8H2. The lowest BCUT2D eigenvalue weighted by atomic mass is 10.1. The first-order valence-corrected chi connectivity index (χ1v) is 7.21. The van der Waals surface area contributed by atoms with Crippen LogP contribution in [0, 0.1) is 11.7 Å². The fourth-order valence-electron chi connectivity index (χ4n) is 2.19. The SMILES string of the molecule is O=C(c1cccc(Br)c1F)N(CC1CC1)C1CC1. The fourth-order valence-corrected chi connectivity index (χ4v) is 2.55. The van der Waals surface area contributed by atoms with Crippen molar-refractivity contribution >= 4 is 21.8 Å². The Kier molecular flexibility index (Phi) is 3.14. The smallest absolute Gasteiger partial charge is 0.257 e. The van der Waals surface area contributed by atoms with Crippen molar-refractivity contribution < 1.29 is 9.18 Å². The molecule has 0 saturated heterocycles. The van der Waals surface area contributed by atoms with Crippen molar-refractivity contribution in [2.75, 3.05) is 6.54 Å². The van der Waals surface area contributed by atoms with E-state index in [1.807, 2.05) is 4.90 Å². The van der Waals surface area contributed by atoms with Gasteiger partial charge in [0.15, 0.2) is 0 Å². The first kappa shape index (κ1) is 12.2. The van der Waals surface area contributed by atoms with Crippen LogP contribution in [0.2, 0.25) is 0 Å². The van der Waals surface area contributed by atoms with E-state index >= 15 is 0 Å². The first-order chi connectivity index (χ1) is 8.66. The topological polar surface area (TPSA) is 20.3 Å². The minimum absolute atomic E-state index is 0.150. The van der Waals surface area contributed by atoms with Crippen LogP contribution in [-0.4, -0.2) is 23.4 Å². The Morgan fingerprint density at radius 1 is 1.33 bits per heavy atom. The molecule has 2 nitrogen and oxygen atoms in total. The summed E-state index contributed by atoms with van der Waals surface area (Å²) in [5.74, 6) is 0.0527. The van der Waals surface area contributed by atoms with Crippen LogP contribution in [0.5, 0.6) is 0 Å². The molecule has 0 heterocycles. The maximum absolute atomic E-state index is 14.0. The van der Waals surface area contributed by atoms with Gasteiger partial charge < -0.3 is 4.90 Å². The Bertz CT molecular complexity index is 483. The predicted octanol–water partition coefficient (Wildman–Crippen LogP) is 3.60. The molecule has 0 spiro atoms. The summed E-state index contributed by atoms with van der Waals surface area (Å²) >= 11 is 3.13. The summed E-state index contributed by atoms with van der Waals surface area (Å²) in [6.07, 6.45) is 4.54. The molecule has 1 aromatic rings. The number of hydrogen-bond acceptors (Lipinski definition) is 1. The zero-order valence-corrected chi connectivity index (χ0v) is 11.6. The molecule has 2 aliphatic rings. The number of carbonyl (C=O) groups excluding carboxylic acids is 1. The summed E-state index contributed by atoms with van der Waals surface area (Å²) in [7, 11) is 0. The second-order valence-corrected chi connectivity index (χ2v) is 6.09. The van der Waals surface area contributed by atoms with Gasteiger partial charge in [-0.05, 0) is 59.7 Å². The van der Waals surface area contributed by atoms with Gasteiger partial charge in [-0.1, -0.05) is 6.07 Å². The Balaban J connectivity index is 1.84. The quantitative estimate of drug-likeness (QED) is 0.832. The van der Waals surface area contributed by atoms with Crippen molar-refractivity contribution in [3.05, 3.63) is 34.1 Å². The van der Waals surface area contributed by atoms with E-state index in [0.717, 1.165) is 19.4 Å². The zero-order valence-electron chi connectivity index (χ0n) is 10.0. The molecule has 1 amide bonds. The van der Waals surface area contributed by atoms with Crippen molar-refractivity contribution in [1.29, 1.82) is 0 Å². The Labute approximate surface area is 114 Å². The Morgan fingerprint density at radius 3 is 2.67 bits per heavy atom. The predicted molar refractivity (Wildman–Crippen MR) is 70.9 cm³/mol. The number of nitrogens with zero attached hydrogens (tertiary/aromatic N) is 1. The molecule has 18 heavy (non-hydrogen) atoms. The van der Waals surface area contributed by atoms with Gasteiger partial charge in [-0.25, -0.2) is 4.39 Å². The number of rotatable bonds is 4. The number of amides is 1. The first-order valence-electron chi connectivity index (χ1n) is 6.42. The molecule has 4 heteroatoms. The van der Waals surface area contributed by atoms with E-state index < -0.39 is 5.82 Å². The van der Waals surface area contributed by atoms with Crippen LogP contribution in [0.25, 0.3) is 0 Å². The minimum atomic E-state index is -0.441. The van der Waals surface area contributed by atoms with Crippen molar-refractivity contribution in [2.45, 2.75) is 31.7 Å². The third-order valence-corrected chi connectivity index (χ3v) is 4.19. The van der Waals surface area contributed by atoms with Gasteiger partial charge in [0.2, 0.25) is 0 Å².